The Bertz CT molecular complexity index is 153. The molecule has 70 valence electrons. The van der Waals surface area contributed by atoms with Crippen LogP contribution in [0.4, 0.5) is 0 Å². The van der Waals surface area contributed by atoms with E-state index < -0.39 is 0 Å². The average Bonchev–Trinajstić information content (AvgIpc) is 2.06. The molecule has 1 aliphatic rings. The molecular weight excluding hydrogens is 154 g/mol. The zero-order chi connectivity index (χ0) is 8.97. The molecule has 3 nitrogen and oxygen atoms in total. The molecule has 1 heterocycles. The fraction of sp³-hybridized carbons (Fsp3) is 0.889. The summed E-state index contributed by atoms with van der Waals surface area (Å²) in [7, 11) is 0. The minimum atomic E-state index is -0.218. The van der Waals surface area contributed by atoms with Gasteiger partial charge in [-0.1, -0.05) is 6.92 Å². The zero-order valence-electron chi connectivity index (χ0n) is 7.58. The minimum absolute atomic E-state index is 0.0481. The molecule has 12 heavy (non-hydrogen) atoms. The number of hydrogen-bond acceptors (Lipinski definition) is 2. The highest BCUT2D eigenvalue weighted by molar-refractivity contribution is 5.76. The van der Waals surface area contributed by atoms with Gasteiger partial charge in [0.2, 0.25) is 5.91 Å². The van der Waals surface area contributed by atoms with Crippen molar-refractivity contribution in [1.29, 1.82) is 0 Å². The Balaban J connectivity index is 2.24. The Morgan fingerprint density at radius 2 is 2.42 bits per heavy atom. The van der Waals surface area contributed by atoms with Crippen molar-refractivity contribution in [3.63, 3.8) is 0 Å². The van der Waals surface area contributed by atoms with Crippen LogP contribution < -0.4 is 5.73 Å². The lowest BCUT2D eigenvalue weighted by Gasteiger charge is -2.24. The van der Waals surface area contributed by atoms with Gasteiger partial charge in [-0.25, -0.2) is 0 Å². The molecule has 0 aromatic carbocycles. The molecule has 1 unspecified atom stereocenters. The van der Waals surface area contributed by atoms with Crippen molar-refractivity contribution in [2.75, 3.05) is 6.61 Å². The van der Waals surface area contributed by atoms with Gasteiger partial charge >= 0.3 is 0 Å². The molecule has 0 saturated carbocycles. The topological polar surface area (TPSA) is 52.3 Å². The van der Waals surface area contributed by atoms with Gasteiger partial charge in [0.25, 0.3) is 0 Å². The van der Waals surface area contributed by atoms with E-state index in [-0.39, 0.29) is 17.9 Å². The Morgan fingerprint density at radius 3 is 2.92 bits per heavy atom. The Kier molecular flexibility index (Phi) is 3.53. The highest BCUT2D eigenvalue weighted by Crippen LogP contribution is 2.19. The molecule has 1 saturated heterocycles. The maximum absolute atomic E-state index is 10.7. The van der Waals surface area contributed by atoms with Crippen molar-refractivity contribution in [2.45, 2.75) is 38.7 Å². The summed E-state index contributed by atoms with van der Waals surface area (Å²) in [6, 6.07) is 0. The lowest BCUT2D eigenvalue weighted by Crippen LogP contribution is -2.28. The lowest BCUT2D eigenvalue weighted by molar-refractivity contribution is -0.122. The molecule has 0 aromatic rings. The van der Waals surface area contributed by atoms with E-state index in [2.05, 4.69) is 0 Å². The molecule has 0 bridgehead atoms. The molecule has 1 aliphatic heterocycles. The third-order valence-electron chi connectivity index (χ3n) is 2.38. The number of ether oxygens (including phenoxy) is 1. The molecule has 0 radical (unpaired) electrons. The second-order valence-corrected chi connectivity index (χ2v) is 3.53. The maximum atomic E-state index is 10.7. The highest BCUT2D eigenvalue weighted by atomic mass is 16.5. The van der Waals surface area contributed by atoms with Crippen LogP contribution in [0.1, 0.15) is 32.6 Å². The number of carbonyl (C=O) groups is 1. The van der Waals surface area contributed by atoms with E-state index in [1.54, 1.807) is 0 Å². The molecule has 1 amide bonds. The first-order chi connectivity index (χ1) is 5.70. The normalized spacial score (nSPS) is 26.6. The predicted octanol–water partition coefficient (Wildman–Crippen LogP) is 1.07. The summed E-state index contributed by atoms with van der Waals surface area (Å²) in [6.07, 6.45) is 4.51. The molecule has 1 rings (SSSR count). The number of amides is 1. The number of primary amides is 1. The van der Waals surface area contributed by atoms with Gasteiger partial charge in [-0.3, -0.25) is 4.79 Å². The molecule has 0 spiro atoms. The average molecular weight is 171 g/mol. The largest absolute Gasteiger partial charge is 0.378 e. The van der Waals surface area contributed by atoms with Crippen molar-refractivity contribution in [3.8, 4) is 0 Å². The number of nitrogens with two attached hydrogens (primary N) is 1. The Hall–Kier alpha value is -0.570. The molecular formula is C9H17NO2. The van der Waals surface area contributed by atoms with Crippen LogP contribution in [0.25, 0.3) is 0 Å². The van der Waals surface area contributed by atoms with Crippen molar-refractivity contribution < 1.29 is 9.53 Å². The SMILES string of the molecule is CC(C[C@H]1CCCCO1)C(N)=O. The van der Waals surface area contributed by atoms with Gasteiger partial charge < -0.3 is 10.5 Å². The van der Waals surface area contributed by atoms with Crippen molar-refractivity contribution in [1.82, 2.24) is 0 Å². The predicted molar refractivity (Wildman–Crippen MR) is 46.6 cm³/mol. The van der Waals surface area contributed by atoms with Crippen LogP contribution in [-0.2, 0) is 9.53 Å². The van der Waals surface area contributed by atoms with E-state index in [1.807, 2.05) is 6.92 Å². The third kappa shape index (κ3) is 2.81. The molecule has 0 aliphatic carbocycles. The summed E-state index contributed by atoms with van der Waals surface area (Å²) in [5, 5.41) is 0. The summed E-state index contributed by atoms with van der Waals surface area (Å²) in [6.45, 7) is 2.70. The van der Waals surface area contributed by atoms with Crippen LogP contribution in [0.2, 0.25) is 0 Å². The van der Waals surface area contributed by atoms with Crippen LogP contribution in [0.3, 0.4) is 0 Å². The van der Waals surface area contributed by atoms with E-state index >= 15 is 0 Å². The van der Waals surface area contributed by atoms with Gasteiger partial charge in [-0.05, 0) is 25.7 Å². The van der Waals surface area contributed by atoms with E-state index in [1.165, 1.54) is 6.42 Å². The quantitative estimate of drug-likeness (QED) is 0.690. The summed E-state index contributed by atoms with van der Waals surface area (Å²) in [5.74, 6) is -0.266. The molecule has 1 fully saturated rings. The summed E-state index contributed by atoms with van der Waals surface area (Å²) in [4.78, 5) is 10.7. The van der Waals surface area contributed by atoms with Crippen LogP contribution in [0.5, 0.6) is 0 Å². The van der Waals surface area contributed by atoms with E-state index in [0.29, 0.717) is 0 Å². The second-order valence-electron chi connectivity index (χ2n) is 3.53. The van der Waals surface area contributed by atoms with Gasteiger partial charge in [-0.2, -0.15) is 0 Å². The van der Waals surface area contributed by atoms with Gasteiger partial charge in [0.1, 0.15) is 0 Å². The molecule has 2 atom stereocenters. The van der Waals surface area contributed by atoms with Crippen molar-refractivity contribution in [3.05, 3.63) is 0 Å². The fourth-order valence-electron chi connectivity index (χ4n) is 1.50. The van der Waals surface area contributed by atoms with E-state index in [4.69, 9.17) is 10.5 Å². The zero-order valence-corrected chi connectivity index (χ0v) is 7.58. The van der Waals surface area contributed by atoms with Crippen LogP contribution in [0.15, 0.2) is 0 Å². The molecule has 0 aromatic heterocycles. The Morgan fingerprint density at radius 1 is 1.67 bits per heavy atom. The van der Waals surface area contributed by atoms with Gasteiger partial charge in [-0.15, -0.1) is 0 Å². The standard InChI is InChI=1S/C9H17NO2/c1-7(9(10)11)6-8-4-2-3-5-12-8/h7-8H,2-6H2,1H3,(H2,10,11)/t7?,8-/m1/s1. The molecule has 3 heteroatoms. The smallest absolute Gasteiger partial charge is 0.220 e. The first-order valence-electron chi connectivity index (χ1n) is 4.61. The minimum Gasteiger partial charge on any atom is -0.378 e. The Labute approximate surface area is 73.3 Å². The second kappa shape index (κ2) is 4.45. The first kappa shape index (κ1) is 9.52. The van der Waals surface area contributed by atoms with Crippen molar-refractivity contribution in [2.24, 2.45) is 11.7 Å². The van der Waals surface area contributed by atoms with Crippen LogP contribution in [0, 0.1) is 5.92 Å². The van der Waals surface area contributed by atoms with Gasteiger partial charge in [0, 0.05) is 12.5 Å². The summed E-state index contributed by atoms with van der Waals surface area (Å²) >= 11 is 0. The van der Waals surface area contributed by atoms with E-state index in [9.17, 15) is 4.79 Å². The first-order valence-corrected chi connectivity index (χ1v) is 4.61. The summed E-state index contributed by atoms with van der Waals surface area (Å²) in [5.41, 5.74) is 5.16. The van der Waals surface area contributed by atoms with Crippen LogP contribution in [-0.4, -0.2) is 18.6 Å². The summed E-state index contributed by atoms with van der Waals surface area (Å²) < 4.78 is 5.49. The number of carbonyl (C=O) groups excluding carboxylic acids is 1. The van der Waals surface area contributed by atoms with Crippen molar-refractivity contribution >= 4 is 5.91 Å². The monoisotopic (exact) mass is 171 g/mol. The van der Waals surface area contributed by atoms with Gasteiger partial charge in [0.15, 0.2) is 0 Å². The maximum Gasteiger partial charge on any atom is 0.220 e. The number of hydrogen-bond donors (Lipinski definition) is 1. The number of rotatable bonds is 3. The lowest BCUT2D eigenvalue weighted by atomic mass is 9.98. The van der Waals surface area contributed by atoms with Gasteiger partial charge in [0.05, 0.1) is 6.10 Å². The fourth-order valence-corrected chi connectivity index (χ4v) is 1.50. The molecule has 2 N–H and O–H groups in total. The highest BCUT2D eigenvalue weighted by Gasteiger charge is 2.19. The van der Waals surface area contributed by atoms with E-state index in [0.717, 1.165) is 25.9 Å². The third-order valence-corrected chi connectivity index (χ3v) is 2.38. The van der Waals surface area contributed by atoms with Crippen LogP contribution >= 0.6 is 0 Å².